The molecule has 26 heavy (non-hydrogen) atoms. The summed E-state index contributed by atoms with van der Waals surface area (Å²) < 4.78 is 0. The summed E-state index contributed by atoms with van der Waals surface area (Å²) in [5.41, 5.74) is 2.23. The molecule has 1 aromatic rings. The van der Waals surface area contributed by atoms with E-state index < -0.39 is 0 Å². The van der Waals surface area contributed by atoms with Crippen LogP contribution in [0.2, 0.25) is 0 Å². The van der Waals surface area contributed by atoms with Gasteiger partial charge in [-0.05, 0) is 32.9 Å². The van der Waals surface area contributed by atoms with Crippen molar-refractivity contribution < 1.29 is 4.79 Å². The van der Waals surface area contributed by atoms with Gasteiger partial charge in [0.1, 0.15) is 0 Å². The zero-order valence-corrected chi connectivity index (χ0v) is 15.9. The number of piperazine rings is 2. The van der Waals surface area contributed by atoms with Crippen molar-refractivity contribution in [3.63, 3.8) is 0 Å². The molecule has 0 unspecified atom stereocenters. The molecule has 2 aliphatic rings. The number of hydrogen-bond acceptors (Lipinski definition) is 4. The smallest absolute Gasteiger partial charge is 0.229 e. The van der Waals surface area contributed by atoms with Crippen molar-refractivity contribution in [1.82, 2.24) is 15.1 Å². The maximum atomic E-state index is 13.0. The Kier molecular flexibility index (Phi) is 7.07. The van der Waals surface area contributed by atoms with E-state index >= 15 is 0 Å². The molecular weight excluding hydrogens is 324 g/mol. The van der Waals surface area contributed by atoms with Gasteiger partial charge in [0.15, 0.2) is 0 Å². The van der Waals surface area contributed by atoms with Gasteiger partial charge >= 0.3 is 0 Å². The summed E-state index contributed by atoms with van der Waals surface area (Å²) >= 11 is 0. The molecular formula is C21H36N4O. The Morgan fingerprint density at radius 3 is 2.15 bits per heavy atom. The van der Waals surface area contributed by atoms with Crippen LogP contribution in [0.15, 0.2) is 24.3 Å². The fourth-order valence-electron chi connectivity index (χ4n) is 3.85. The Hall–Kier alpha value is -1.59. The van der Waals surface area contributed by atoms with Crippen molar-refractivity contribution in [3.8, 4) is 0 Å². The van der Waals surface area contributed by atoms with Gasteiger partial charge in [0.05, 0.1) is 5.41 Å². The number of anilines is 1. The molecule has 0 radical (unpaired) electrons. The first-order chi connectivity index (χ1) is 12.0. The number of carbonyl (C=O) groups is 1. The normalized spacial score (nSPS) is 19.2. The van der Waals surface area contributed by atoms with E-state index in [1.54, 1.807) is 0 Å². The molecule has 1 amide bonds. The van der Waals surface area contributed by atoms with Crippen LogP contribution in [0.1, 0.15) is 26.8 Å². The Labute approximate surface area is 159 Å². The minimum Gasteiger partial charge on any atom is -0.368 e. The molecule has 2 saturated heterocycles. The summed E-state index contributed by atoms with van der Waals surface area (Å²) in [4.78, 5) is 19.9. The van der Waals surface area contributed by atoms with Crippen LogP contribution in [-0.4, -0.2) is 74.6 Å². The summed E-state index contributed by atoms with van der Waals surface area (Å²) in [6.07, 6.45) is 0. The predicted molar refractivity (Wildman–Crippen MR) is 110 cm³/mol. The van der Waals surface area contributed by atoms with Gasteiger partial charge in [-0.3, -0.25) is 9.69 Å². The van der Waals surface area contributed by atoms with Crippen LogP contribution in [0.5, 0.6) is 0 Å². The Bertz CT molecular complexity index is 570. The number of benzene rings is 1. The standard InChI is InChI=1S/C20H32N4O.CH4/c1-17-4-6-18(7-5-17)23-12-14-24(15-13-23)19(25)20(2,3)16-22-10-8-21-9-11-22;/h4-7,21H,8-16H2,1-3H3;1H4. The summed E-state index contributed by atoms with van der Waals surface area (Å²) in [5, 5.41) is 3.37. The summed E-state index contributed by atoms with van der Waals surface area (Å²) in [7, 11) is 0. The Balaban J connectivity index is 0.00000243. The van der Waals surface area contributed by atoms with E-state index in [4.69, 9.17) is 0 Å². The average molecular weight is 361 g/mol. The van der Waals surface area contributed by atoms with Gasteiger partial charge in [0.2, 0.25) is 5.91 Å². The molecule has 0 aliphatic carbocycles. The highest BCUT2D eigenvalue weighted by atomic mass is 16.2. The minimum atomic E-state index is -0.316. The highest BCUT2D eigenvalue weighted by Gasteiger charge is 2.35. The Morgan fingerprint density at radius 1 is 1.00 bits per heavy atom. The van der Waals surface area contributed by atoms with E-state index in [0.717, 1.165) is 58.9 Å². The number of hydrogen-bond donors (Lipinski definition) is 1. The second-order valence-corrected chi connectivity index (χ2v) is 8.02. The molecule has 2 heterocycles. The average Bonchev–Trinajstić information content (AvgIpc) is 2.62. The predicted octanol–water partition coefficient (Wildman–Crippen LogP) is 2.21. The quantitative estimate of drug-likeness (QED) is 0.894. The first kappa shape index (κ1) is 20.7. The van der Waals surface area contributed by atoms with E-state index in [1.165, 1.54) is 11.3 Å². The highest BCUT2D eigenvalue weighted by Crippen LogP contribution is 2.23. The molecule has 0 bridgehead atoms. The monoisotopic (exact) mass is 360 g/mol. The molecule has 1 aromatic carbocycles. The van der Waals surface area contributed by atoms with Crippen molar-refractivity contribution in [2.75, 3.05) is 63.8 Å². The number of carbonyl (C=O) groups excluding carboxylic acids is 1. The second-order valence-electron chi connectivity index (χ2n) is 8.02. The number of nitrogens with one attached hydrogen (secondary N) is 1. The van der Waals surface area contributed by atoms with Crippen molar-refractivity contribution in [2.24, 2.45) is 5.41 Å². The molecule has 146 valence electrons. The third-order valence-electron chi connectivity index (χ3n) is 5.37. The third-order valence-corrected chi connectivity index (χ3v) is 5.37. The van der Waals surface area contributed by atoms with Gasteiger partial charge in [-0.15, -0.1) is 0 Å². The van der Waals surface area contributed by atoms with E-state index in [0.29, 0.717) is 5.91 Å². The Morgan fingerprint density at radius 2 is 1.58 bits per heavy atom. The van der Waals surface area contributed by atoms with Gasteiger partial charge in [0.25, 0.3) is 0 Å². The zero-order valence-electron chi connectivity index (χ0n) is 15.9. The van der Waals surface area contributed by atoms with Crippen LogP contribution >= 0.6 is 0 Å². The van der Waals surface area contributed by atoms with Crippen molar-refractivity contribution >= 4 is 11.6 Å². The lowest BCUT2D eigenvalue weighted by atomic mass is 9.90. The van der Waals surface area contributed by atoms with Crippen LogP contribution in [-0.2, 0) is 4.79 Å². The molecule has 3 rings (SSSR count). The number of amides is 1. The van der Waals surface area contributed by atoms with Crippen LogP contribution in [0.25, 0.3) is 0 Å². The van der Waals surface area contributed by atoms with Crippen LogP contribution in [0.4, 0.5) is 5.69 Å². The summed E-state index contributed by atoms with van der Waals surface area (Å²) in [5.74, 6) is 0.301. The number of nitrogens with zero attached hydrogens (tertiary/aromatic N) is 3. The van der Waals surface area contributed by atoms with Crippen molar-refractivity contribution in [2.45, 2.75) is 28.2 Å². The van der Waals surface area contributed by atoms with Gasteiger partial charge in [-0.2, -0.15) is 0 Å². The molecule has 0 aromatic heterocycles. The second kappa shape index (κ2) is 8.87. The SMILES string of the molecule is C.Cc1ccc(N2CCN(C(=O)C(C)(C)CN3CCNCC3)CC2)cc1. The van der Waals surface area contributed by atoms with Crippen LogP contribution in [0, 0.1) is 12.3 Å². The van der Waals surface area contributed by atoms with Gasteiger partial charge in [0, 0.05) is 64.6 Å². The minimum absolute atomic E-state index is 0. The van der Waals surface area contributed by atoms with Gasteiger partial charge < -0.3 is 15.1 Å². The number of aryl methyl sites for hydroxylation is 1. The molecule has 2 fully saturated rings. The van der Waals surface area contributed by atoms with E-state index in [2.05, 4.69) is 65.1 Å². The highest BCUT2D eigenvalue weighted by molar-refractivity contribution is 5.82. The third kappa shape index (κ3) is 4.98. The molecule has 2 aliphatic heterocycles. The first-order valence-corrected chi connectivity index (χ1v) is 9.50. The maximum Gasteiger partial charge on any atom is 0.229 e. The molecule has 0 saturated carbocycles. The first-order valence-electron chi connectivity index (χ1n) is 9.50. The van der Waals surface area contributed by atoms with Gasteiger partial charge in [-0.25, -0.2) is 0 Å². The lowest BCUT2D eigenvalue weighted by Crippen LogP contribution is -2.55. The summed E-state index contributed by atoms with van der Waals surface area (Å²) in [6.45, 7) is 14.8. The van der Waals surface area contributed by atoms with Crippen molar-refractivity contribution in [3.05, 3.63) is 29.8 Å². The lowest BCUT2D eigenvalue weighted by Gasteiger charge is -2.41. The molecule has 1 N–H and O–H groups in total. The van der Waals surface area contributed by atoms with E-state index in [9.17, 15) is 4.79 Å². The molecule has 5 heteroatoms. The topological polar surface area (TPSA) is 38.8 Å². The maximum absolute atomic E-state index is 13.0. The largest absolute Gasteiger partial charge is 0.368 e. The zero-order chi connectivity index (χ0) is 17.9. The molecule has 0 atom stereocenters. The fraction of sp³-hybridized carbons (Fsp3) is 0.667. The lowest BCUT2D eigenvalue weighted by molar-refractivity contribution is -0.141. The van der Waals surface area contributed by atoms with E-state index in [-0.39, 0.29) is 12.8 Å². The number of rotatable bonds is 4. The van der Waals surface area contributed by atoms with Crippen LogP contribution < -0.4 is 10.2 Å². The van der Waals surface area contributed by atoms with Crippen LogP contribution in [0.3, 0.4) is 0 Å². The summed E-state index contributed by atoms with van der Waals surface area (Å²) in [6, 6.07) is 8.68. The van der Waals surface area contributed by atoms with E-state index in [1.807, 2.05) is 0 Å². The fourth-order valence-corrected chi connectivity index (χ4v) is 3.85. The molecule has 5 nitrogen and oxygen atoms in total. The van der Waals surface area contributed by atoms with Crippen molar-refractivity contribution in [1.29, 1.82) is 0 Å². The van der Waals surface area contributed by atoms with Gasteiger partial charge in [-0.1, -0.05) is 25.1 Å². The molecule has 0 spiro atoms.